The van der Waals surface area contributed by atoms with Crippen LogP contribution in [0.15, 0.2) is 108 Å². The average Bonchev–Trinajstić information content (AvgIpc) is 3.00. The van der Waals surface area contributed by atoms with Gasteiger partial charge in [0.1, 0.15) is 17.4 Å². The number of para-hydroxylation sites is 1. The van der Waals surface area contributed by atoms with E-state index in [1.807, 2.05) is 80.6 Å². The van der Waals surface area contributed by atoms with E-state index < -0.39 is 11.9 Å². The summed E-state index contributed by atoms with van der Waals surface area (Å²) in [6.45, 7) is 4.75. The summed E-state index contributed by atoms with van der Waals surface area (Å²) >= 11 is 0. The third kappa shape index (κ3) is 6.04. The number of hydrogen-bond acceptors (Lipinski definition) is 4. The van der Waals surface area contributed by atoms with Gasteiger partial charge < -0.3 is 9.64 Å². The van der Waals surface area contributed by atoms with Crippen molar-refractivity contribution in [1.29, 1.82) is 0 Å². The number of halogens is 1. The lowest BCUT2D eigenvalue weighted by atomic mass is 10.1. The summed E-state index contributed by atoms with van der Waals surface area (Å²) in [5.41, 5.74) is 2.25. The SMILES string of the molecule is CCOc1ccc(-n2c(C(CC)N(CCc3ccccc3)C(=O)c3cccc(F)c3)nc3ccccc3c2=O)cc1. The van der Waals surface area contributed by atoms with Crippen molar-refractivity contribution in [3.63, 3.8) is 0 Å². The molecule has 7 heteroatoms. The first-order valence-electron chi connectivity index (χ1n) is 13.9. The molecule has 4 aromatic carbocycles. The smallest absolute Gasteiger partial charge is 0.266 e. The van der Waals surface area contributed by atoms with E-state index in [0.29, 0.717) is 54.2 Å². The maximum absolute atomic E-state index is 14.2. The molecule has 0 saturated heterocycles. The minimum absolute atomic E-state index is 0.227. The second-order valence-electron chi connectivity index (χ2n) is 9.72. The van der Waals surface area contributed by atoms with E-state index in [2.05, 4.69) is 0 Å². The number of nitrogens with zero attached hydrogens (tertiary/aromatic N) is 3. The molecule has 208 valence electrons. The number of benzene rings is 4. The van der Waals surface area contributed by atoms with Crippen LogP contribution in [0.5, 0.6) is 5.75 Å². The summed E-state index contributed by atoms with van der Waals surface area (Å²) in [7, 11) is 0. The molecule has 0 radical (unpaired) electrons. The fraction of sp³-hybridized carbons (Fsp3) is 0.206. The van der Waals surface area contributed by atoms with Crippen molar-refractivity contribution >= 4 is 16.8 Å². The van der Waals surface area contributed by atoms with Crippen LogP contribution < -0.4 is 10.3 Å². The van der Waals surface area contributed by atoms with Gasteiger partial charge in [-0.25, -0.2) is 9.37 Å². The zero-order valence-corrected chi connectivity index (χ0v) is 23.2. The van der Waals surface area contributed by atoms with E-state index in [1.54, 1.807) is 27.7 Å². The fourth-order valence-corrected chi connectivity index (χ4v) is 5.10. The van der Waals surface area contributed by atoms with Gasteiger partial charge in [0.25, 0.3) is 11.5 Å². The molecule has 5 rings (SSSR count). The molecule has 0 N–H and O–H groups in total. The number of aromatic nitrogens is 2. The number of ether oxygens (including phenoxy) is 1. The Balaban J connectivity index is 1.67. The molecule has 0 bridgehead atoms. The average molecular weight is 550 g/mol. The minimum Gasteiger partial charge on any atom is -0.494 e. The molecule has 41 heavy (non-hydrogen) atoms. The number of fused-ring (bicyclic) bond motifs is 1. The third-order valence-electron chi connectivity index (χ3n) is 7.09. The summed E-state index contributed by atoms with van der Waals surface area (Å²) in [4.78, 5) is 34.7. The van der Waals surface area contributed by atoms with Crippen LogP contribution >= 0.6 is 0 Å². The Morgan fingerprint density at radius 2 is 1.66 bits per heavy atom. The number of rotatable bonds is 10. The quantitative estimate of drug-likeness (QED) is 0.193. The second-order valence-corrected chi connectivity index (χ2v) is 9.72. The topological polar surface area (TPSA) is 64.4 Å². The maximum Gasteiger partial charge on any atom is 0.266 e. The van der Waals surface area contributed by atoms with E-state index in [9.17, 15) is 14.0 Å². The summed E-state index contributed by atoms with van der Waals surface area (Å²) < 4.78 is 21.4. The lowest BCUT2D eigenvalue weighted by molar-refractivity contribution is 0.0661. The summed E-state index contributed by atoms with van der Waals surface area (Å²) in [5, 5.41) is 0.479. The molecule has 0 aliphatic carbocycles. The van der Waals surface area contributed by atoms with Gasteiger partial charge in [0, 0.05) is 12.1 Å². The van der Waals surface area contributed by atoms with Gasteiger partial charge in [0.05, 0.1) is 29.2 Å². The standard InChI is InChI=1S/C34H32FN3O3/c1-3-31(37(22-21-24-11-6-5-7-12-24)33(39)25-13-10-14-26(35)23-25)32-36-30-16-9-8-15-29(30)34(40)38(32)27-17-19-28(20-18-27)41-4-2/h5-20,23,31H,3-4,21-22H2,1-2H3. The molecule has 0 spiro atoms. The number of amides is 1. The Kier molecular flexibility index (Phi) is 8.53. The van der Waals surface area contributed by atoms with Crippen molar-refractivity contribution in [1.82, 2.24) is 14.5 Å². The van der Waals surface area contributed by atoms with Crippen molar-refractivity contribution in [2.75, 3.05) is 13.2 Å². The summed E-state index contributed by atoms with van der Waals surface area (Å²) in [5.74, 6) is 0.325. The highest BCUT2D eigenvalue weighted by Crippen LogP contribution is 2.28. The molecule has 0 fully saturated rings. The van der Waals surface area contributed by atoms with E-state index in [1.165, 1.54) is 18.2 Å². The Labute approximate surface area is 238 Å². The molecule has 0 saturated carbocycles. The van der Waals surface area contributed by atoms with Gasteiger partial charge in [-0.1, -0.05) is 55.5 Å². The number of carbonyl (C=O) groups excluding carboxylic acids is 1. The predicted molar refractivity (Wildman–Crippen MR) is 159 cm³/mol. The normalized spacial score (nSPS) is 11.8. The van der Waals surface area contributed by atoms with E-state index in [0.717, 1.165) is 5.56 Å². The van der Waals surface area contributed by atoms with Gasteiger partial charge in [0.2, 0.25) is 0 Å². The van der Waals surface area contributed by atoms with Crippen LogP contribution in [-0.2, 0) is 6.42 Å². The molecule has 1 amide bonds. The predicted octanol–water partition coefficient (Wildman–Crippen LogP) is 6.76. The van der Waals surface area contributed by atoms with Crippen molar-refractivity contribution in [2.45, 2.75) is 32.7 Å². The van der Waals surface area contributed by atoms with Crippen LogP contribution in [0.2, 0.25) is 0 Å². The lowest BCUT2D eigenvalue weighted by Gasteiger charge is -2.32. The summed E-state index contributed by atoms with van der Waals surface area (Å²) in [6.07, 6.45) is 1.07. The third-order valence-corrected chi connectivity index (χ3v) is 7.09. The van der Waals surface area contributed by atoms with Crippen LogP contribution in [0.4, 0.5) is 4.39 Å². The van der Waals surface area contributed by atoms with E-state index in [4.69, 9.17) is 9.72 Å². The summed E-state index contributed by atoms with van der Waals surface area (Å²) in [6, 6.07) is 29.5. The highest BCUT2D eigenvalue weighted by atomic mass is 19.1. The van der Waals surface area contributed by atoms with Gasteiger partial charge >= 0.3 is 0 Å². The monoisotopic (exact) mass is 549 g/mol. The zero-order chi connectivity index (χ0) is 28.8. The van der Waals surface area contributed by atoms with Crippen molar-refractivity contribution in [3.05, 3.63) is 136 Å². The molecule has 1 atom stereocenters. The van der Waals surface area contributed by atoms with Crippen LogP contribution in [0.1, 0.15) is 48.1 Å². The van der Waals surface area contributed by atoms with Gasteiger partial charge in [-0.05, 0) is 79.9 Å². The Morgan fingerprint density at radius 1 is 0.927 bits per heavy atom. The Morgan fingerprint density at radius 3 is 2.37 bits per heavy atom. The fourth-order valence-electron chi connectivity index (χ4n) is 5.10. The first-order chi connectivity index (χ1) is 20.0. The first-order valence-corrected chi connectivity index (χ1v) is 13.9. The Bertz CT molecular complexity index is 1700. The van der Waals surface area contributed by atoms with Gasteiger partial charge in [0.15, 0.2) is 0 Å². The maximum atomic E-state index is 14.2. The van der Waals surface area contributed by atoms with Crippen LogP contribution in [-0.4, -0.2) is 33.5 Å². The lowest BCUT2D eigenvalue weighted by Crippen LogP contribution is -2.39. The molecular weight excluding hydrogens is 517 g/mol. The highest BCUT2D eigenvalue weighted by molar-refractivity contribution is 5.94. The first kappa shape index (κ1) is 27.8. The van der Waals surface area contributed by atoms with Crippen LogP contribution in [0.3, 0.4) is 0 Å². The largest absolute Gasteiger partial charge is 0.494 e. The molecule has 0 aliphatic rings. The van der Waals surface area contributed by atoms with Crippen molar-refractivity contribution in [3.8, 4) is 11.4 Å². The van der Waals surface area contributed by atoms with Gasteiger partial charge in [-0.2, -0.15) is 0 Å². The second kappa shape index (κ2) is 12.6. The van der Waals surface area contributed by atoms with Gasteiger partial charge in [-0.3, -0.25) is 14.2 Å². The molecule has 1 unspecified atom stereocenters. The number of hydrogen-bond donors (Lipinski definition) is 0. The molecular formula is C34H32FN3O3. The molecule has 6 nitrogen and oxygen atoms in total. The molecule has 5 aromatic rings. The molecule has 1 aromatic heterocycles. The van der Waals surface area contributed by atoms with Crippen LogP contribution in [0, 0.1) is 5.82 Å². The highest BCUT2D eigenvalue weighted by Gasteiger charge is 2.30. The van der Waals surface area contributed by atoms with Gasteiger partial charge in [-0.15, -0.1) is 0 Å². The Hall–Kier alpha value is -4.78. The van der Waals surface area contributed by atoms with E-state index >= 15 is 0 Å². The molecule has 1 heterocycles. The van der Waals surface area contributed by atoms with Crippen molar-refractivity contribution < 1.29 is 13.9 Å². The number of carbonyl (C=O) groups is 1. The zero-order valence-electron chi connectivity index (χ0n) is 23.2. The molecule has 0 aliphatic heterocycles. The van der Waals surface area contributed by atoms with E-state index in [-0.39, 0.29) is 17.0 Å². The van der Waals surface area contributed by atoms with Crippen LogP contribution in [0.25, 0.3) is 16.6 Å². The van der Waals surface area contributed by atoms with Crippen molar-refractivity contribution in [2.24, 2.45) is 0 Å². The minimum atomic E-state index is -0.571.